The van der Waals surface area contributed by atoms with Gasteiger partial charge in [-0.05, 0) is 48.0 Å². The van der Waals surface area contributed by atoms with Crippen LogP contribution in [0.25, 0.3) is 0 Å². The molecule has 0 bridgehead atoms. The van der Waals surface area contributed by atoms with Crippen molar-refractivity contribution < 1.29 is 14.6 Å². The van der Waals surface area contributed by atoms with Crippen LogP contribution >= 0.6 is 11.6 Å². The van der Waals surface area contributed by atoms with Crippen molar-refractivity contribution in [2.75, 3.05) is 5.32 Å². The molecule has 3 aromatic rings. The van der Waals surface area contributed by atoms with E-state index >= 15 is 0 Å². The van der Waals surface area contributed by atoms with Crippen LogP contribution in [0.4, 0.5) is 5.69 Å². The zero-order chi connectivity index (χ0) is 17.6. The number of pyridine rings is 1. The van der Waals surface area contributed by atoms with Crippen LogP contribution in [0.3, 0.4) is 0 Å². The van der Waals surface area contributed by atoms with Crippen molar-refractivity contribution in [1.29, 1.82) is 0 Å². The van der Waals surface area contributed by atoms with E-state index in [4.69, 9.17) is 21.4 Å². The molecule has 0 unspecified atom stereocenters. The van der Waals surface area contributed by atoms with Crippen molar-refractivity contribution >= 4 is 23.2 Å². The summed E-state index contributed by atoms with van der Waals surface area (Å²) in [5.74, 6) is 0.774. The Morgan fingerprint density at radius 1 is 1.04 bits per heavy atom. The van der Waals surface area contributed by atoms with Crippen LogP contribution in [0.5, 0.6) is 11.6 Å². The van der Waals surface area contributed by atoms with E-state index in [0.717, 1.165) is 5.56 Å². The summed E-state index contributed by atoms with van der Waals surface area (Å²) >= 11 is 5.81. The molecule has 1 aromatic heterocycles. The number of nitrogens with zero attached hydrogens (tertiary/aromatic N) is 1. The molecule has 0 fully saturated rings. The zero-order valence-corrected chi connectivity index (χ0v) is 13.9. The molecule has 0 radical (unpaired) electrons. The molecule has 25 heavy (non-hydrogen) atoms. The monoisotopic (exact) mass is 354 g/mol. The van der Waals surface area contributed by atoms with Gasteiger partial charge in [-0.15, -0.1) is 0 Å². The summed E-state index contributed by atoms with van der Waals surface area (Å²) in [5, 5.41) is 12.4. The van der Waals surface area contributed by atoms with Crippen LogP contribution in [0.1, 0.15) is 15.9 Å². The number of rotatable bonds is 5. The third-order valence-corrected chi connectivity index (χ3v) is 3.68. The first-order valence-electron chi connectivity index (χ1n) is 7.55. The number of anilines is 1. The third kappa shape index (κ3) is 4.56. The number of hydrogen-bond acceptors (Lipinski definition) is 4. The van der Waals surface area contributed by atoms with E-state index < -0.39 is 0 Å². The molecule has 3 rings (SSSR count). The number of nitrogens with one attached hydrogen (secondary N) is 1. The summed E-state index contributed by atoms with van der Waals surface area (Å²) in [4.78, 5) is 16.3. The lowest BCUT2D eigenvalue weighted by Gasteiger charge is -2.08. The van der Waals surface area contributed by atoms with Crippen molar-refractivity contribution in [2.24, 2.45) is 0 Å². The van der Waals surface area contributed by atoms with Crippen LogP contribution in [0.15, 0.2) is 66.9 Å². The number of aliphatic hydroxyl groups is 1. The molecule has 0 aliphatic heterocycles. The number of carbonyl (C=O) groups excluding carboxylic acids is 1. The number of aliphatic hydroxyl groups excluding tert-OH is 1. The molecule has 2 N–H and O–H groups in total. The Balaban J connectivity index is 1.63. The maximum absolute atomic E-state index is 12.1. The smallest absolute Gasteiger partial charge is 0.255 e. The van der Waals surface area contributed by atoms with E-state index in [1.165, 1.54) is 6.20 Å². The molecule has 126 valence electrons. The summed E-state index contributed by atoms with van der Waals surface area (Å²) in [6.45, 7) is -0.0133. The van der Waals surface area contributed by atoms with Crippen LogP contribution in [0.2, 0.25) is 5.02 Å². The van der Waals surface area contributed by atoms with Crippen molar-refractivity contribution in [3.8, 4) is 11.6 Å². The largest absolute Gasteiger partial charge is 0.439 e. The molecule has 6 heteroatoms. The third-order valence-electron chi connectivity index (χ3n) is 3.43. The maximum Gasteiger partial charge on any atom is 0.255 e. The van der Waals surface area contributed by atoms with E-state index in [0.29, 0.717) is 27.9 Å². The minimum Gasteiger partial charge on any atom is -0.439 e. The molecule has 1 heterocycles. The quantitative estimate of drug-likeness (QED) is 0.717. The second-order valence-electron chi connectivity index (χ2n) is 5.25. The number of ether oxygens (including phenoxy) is 1. The van der Waals surface area contributed by atoms with Crippen molar-refractivity contribution in [3.05, 3.63) is 83.0 Å². The fraction of sp³-hybridized carbons (Fsp3) is 0.0526. The normalized spacial score (nSPS) is 10.3. The Labute approximate surface area is 149 Å². The second kappa shape index (κ2) is 7.79. The van der Waals surface area contributed by atoms with Crippen LogP contribution in [0, 0.1) is 0 Å². The Morgan fingerprint density at radius 3 is 2.36 bits per heavy atom. The van der Waals surface area contributed by atoms with Gasteiger partial charge in [0.2, 0.25) is 5.88 Å². The van der Waals surface area contributed by atoms with Gasteiger partial charge in [0.05, 0.1) is 18.5 Å². The fourth-order valence-electron chi connectivity index (χ4n) is 2.10. The summed E-state index contributed by atoms with van der Waals surface area (Å²) in [6, 6.07) is 17.0. The molecule has 0 saturated heterocycles. The van der Waals surface area contributed by atoms with Gasteiger partial charge in [0.1, 0.15) is 5.75 Å². The lowest BCUT2D eigenvalue weighted by atomic mass is 10.2. The second-order valence-corrected chi connectivity index (χ2v) is 5.69. The van der Waals surface area contributed by atoms with Gasteiger partial charge in [0.25, 0.3) is 5.91 Å². The average molecular weight is 355 g/mol. The van der Waals surface area contributed by atoms with Gasteiger partial charge in [-0.3, -0.25) is 4.79 Å². The highest BCUT2D eigenvalue weighted by molar-refractivity contribution is 6.30. The first-order chi connectivity index (χ1) is 12.1. The summed E-state index contributed by atoms with van der Waals surface area (Å²) in [6.07, 6.45) is 1.52. The van der Waals surface area contributed by atoms with Crippen LogP contribution in [-0.2, 0) is 6.61 Å². The van der Waals surface area contributed by atoms with Gasteiger partial charge in [-0.25, -0.2) is 4.98 Å². The molecule has 0 aliphatic rings. The molecular formula is C19H15ClN2O3. The molecule has 0 aliphatic carbocycles. The van der Waals surface area contributed by atoms with E-state index in [9.17, 15) is 4.79 Å². The predicted molar refractivity (Wildman–Crippen MR) is 96.1 cm³/mol. The predicted octanol–water partition coefficient (Wildman–Crippen LogP) is 4.27. The van der Waals surface area contributed by atoms with E-state index in [1.807, 2.05) is 0 Å². The number of aromatic nitrogens is 1. The minimum atomic E-state index is -0.244. The topological polar surface area (TPSA) is 71.5 Å². The fourth-order valence-corrected chi connectivity index (χ4v) is 2.23. The van der Waals surface area contributed by atoms with Gasteiger partial charge in [-0.1, -0.05) is 23.7 Å². The van der Waals surface area contributed by atoms with Crippen molar-refractivity contribution in [3.63, 3.8) is 0 Å². The zero-order valence-electron chi connectivity index (χ0n) is 13.1. The van der Waals surface area contributed by atoms with Gasteiger partial charge in [0, 0.05) is 16.7 Å². The number of hydrogen-bond donors (Lipinski definition) is 2. The van der Waals surface area contributed by atoms with Crippen molar-refractivity contribution in [2.45, 2.75) is 6.61 Å². The van der Waals surface area contributed by atoms with Gasteiger partial charge < -0.3 is 15.2 Å². The molecule has 5 nitrogen and oxygen atoms in total. The summed E-state index contributed by atoms with van der Waals surface area (Å²) in [5.41, 5.74) is 1.87. The first-order valence-corrected chi connectivity index (χ1v) is 7.92. The van der Waals surface area contributed by atoms with Crippen LogP contribution in [-0.4, -0.2) is 16.0 Å². The Bertz CT molecular complexity index is 847. The lowest BCUT2D eigenvalue weighted by molar-refractivity contribution is 0.102. The number of carbonyl (C=O) groups is 1. The van der Waals surface area contributed by atoms with Gasteiger partial charge in [-0.2, -0.15) is 0 Å². The van der Waals surface area contributed by atoms with Crippen LogP contribution < -0.4 is 10.1 Å². The average Bonchev–Trinajstić information content (AvgIpc) is 2.64. The van der Waals surface area contributed by atoms with Crippen molar-refractivity contribution in [1.82, 2.24) is 4.98 Å². The number of benzene rings is 2. The highest BCUT2D eigenvalue weighted by Gasteiger charge is 2.07. The molecule has 1 amide bonds. The van der Waals surface area contributed by atoms with E-state index in [1.54, 1.807) is 60.7 Å². The standard InChI is InChI=1S/C19H15ClN2O3/c20-15-5-3-14(4-6-15)19(24)22-16-7-10-18(21-11-16)25-17-8-1-13(12-23)2-9-17/h1-11,23H,12H2,(H,22,24). The van der Waals surface area contributed by atoms with E-state index in [-0.39, 0.29) is 12.5 Å². The van der Waals surface area contributed by atoms with Gasteiger partial charge in [0.15, 0.2) is 0 Å². The molecule has 2 aromatic carbocycles. The number of amides is 1. The molecule has 0 atom stereocenters. The minimum absolute atomic E-state index is 0.0133. The summed E-state index contributed by atoms with van der Waals surface area (Å²) in [7, 11) is 0. The molecule has 0 spiro atoms. The number of halogens is 1. The highest BCUT2D eigenvalue weighted by atomic mass is 35.5. The van der Waals surface area contributed by atoms with E-state index in [2.05, 4.69) is 10.3 Å². The SMILES string of the molecule is O=C(Nc1ccc(Oc2ccc(CO)cc2)nc1)c1ccc(Cl)cc1. The Morgan fingerprint density at radius 2 is 1.76 bits per heavy atom. The molecular weight excluding hydrogens is 340 g/mol. The lowest BCUT2D eigenvalue weighted by Crippen LogP contribution is -2.11. The first kappa shape index (κ1) is 17.0. The highest BCUT2D eigenvalue weighted by Crippen LogP contribution is 2.21. The summed E-state index contributed by atoms with van der Waals surface area (Å²) < 4.78 is 5.62. The Hall–Kier alpha value is -2.89. The Kier molecular flexibility index (Phi) is 5.28. The molecule has 0 saturated carbocycles. The van der Waals surface area contributed by atoms with Gasteiger partial charge >= 0.3 is 0 Å². The maximum atomic E-state index is 12.1.